The second-order valence-corrected chi connectivity index (χ2v) is 9.58. The van der Waals surface area contributed by atoms with Crippen molar-refractivity contribution in [2.45, 2.75) is 4.90 Å². The maximum atomic E-state index is 13.7. The summed E-state index contributed by atoms with van der Waals surface area (Å²) in [6.45, 7) is 0.0355. The predicted molar refractivity (Wildman–Crippen MR) is 120 cm³/mol. The van der Waals surface area contributed by atoms with Gasteiger partial charge in [0.15, 0.2) is 11.5 Å². The Labute approximate surface area is 198 Å². The van der Waals surface area contributed by atoms with Crippen LogP contribution >= 0.6 is 23.2 Å². The molecule has 5 rings (SSSR count). The Morgan fingerprint density at radius 3 is 2.52 bits per heavy atom. The molecule has 0 bridgehead atoms. The van der Waals surface area contributed by atoms with Gasteiger partial charge in [0.05, 0.1) is 21.2 Å². The van der Waals surface area contributed by atoms with Crippen molar-refractivity contribution in [3.05, 3.63) is 87.7 Å². The number of ether oxygens (including phenoxy) is 3. The second-order valence-electron chi connectivity index (χ2n) is 6.98. The Bertz CT molecular complexity index is 1450. The van der Waals surface area contributed by atoms with Crippen LogP contribution in [0.25, 0.3) is 5.57 Å². The van der Waals surface area contributed by atoms with E-state index in [0.717, 1.165) is 4.31 Å². The molecular weight excluding hydrogens is 493 g/mol. The van der Waals surface area contributed by atoms with Crippen LogP contribution in [0.2, 0.25) is 10.0 Å². The van der Waals surface area contributed by atoms with Gasteiger partial charge in [-0.15, -0.1) is 0 Å². The van der Waals surface area contributed by atoms with E-state index in [1.165, 1.54) is 24.3 Å². The lowest BCUT2D eigenvalue weighted by molar-refractivity contribution is 0.119. The zero-order chi connectivity index (χ0) is 23.3. The number of carboxylic acid groups (broad SMARTS) is 1. The van der Waals surface area contributed by atoms with Gasteiger partial charge >= 0.3 is 6.16 Å². The summed E-state index contributed by atoms with van der Waals surface area (Å²) in [6.07, 6.45) is -1.70. The lowest BCUT2D eigenvalue weighted by atomic mass is 9.97. The van der Waals surface area contributed by atoms with Gasteiger partial charge in [0.25, 0.3) is 10.0 Å². The monoisotopic (exact) mass is 505 g/mol. The van der Waals surface area contributed by atoms with Gasteiger partial charge in [0.1, 0.15) is 0 Å². The Balaban J connectivity index is 1.87. The minimum atomic E-state index is -4.31. The van der Waals surface area contributed by atoms with Crippen molar-refractivity contribution >= 4 is 50.6 Å². The van der Waals surface area contributed by atoms with Crippen LogP contribution in [0.15, 0.2) is 71.4 Å². The molecule has 0 atom stereocenters. The number of hydrogen-bond donors (Lipinski definition) is 1. The summed E-state index contributed by atoms with van der Waals surface area (Å²) in [7, 11) is -4.31. The third-order valence-electron chi connectivity index (χ3n) is 5.05. The highest BCUT2D eigenvalue weighted by atomic mass is 35.5. The summed E-state index contributed by atoms with van der Waals surface area (Å²) >= 11 is 12.3. The first-order valence-electron chi connectivity index (χ1n) is 9.42. The topological polar surface area (TPSA) is 102 Å². The highest BCUT2D eigenvalue weighted by Crippen LogP contribution is 2.46. The maximum absolute atomic E-state index is 13.7. The fraction of sp³-hybridized carbons (Fsp3) is 0.0455. The highest BCUT2D eigenvalue weighted by Gasteiger charge is 2.41. The Hall–Kier alpha value is -3.40. The molecular formula is C22H13Cl2NO7S. The molecule has 8 nitrogen and oxygen atoms in total. The fourth-order valence-electron chi connectivity index (χ4n) is 3.71. The third kappa shape index (κ3) is 3.54. The average Bonchev–Trinajstić information content (AvgIpc) is 3.23. The summed E-state index contributed by atoms with van der Waals surface area (Å²) in [6, 6.07) is 15.3. The van der Waals surface area contributed by atoms with Crippen molar-refractivity contribution < 1.29 is 32.5 Å². The molecule has 1 N–H and O–H groups in total. The molecule has 0 saturated heterocycles. The second kappa shape index (κ2) is 7.87. The third-order valence-corrected chi connectivity index (χ3v) is 7.34. The molecule has 2 aliphatic heterocycles. The average molecular weight is 506 g/mol. The molecule has 168 valence electrons. The molecule has 2 heterocycles. The van der Waals surface area contributed by atoms with Crippen LogP contribution in [-0.4, -0.2) is 26.5 Å². The van der Waals surface area contributed by atoms with Crippen LogP contribution in [0.3, 0.4) is 0 Å². The first kappa shape index (κ1) is 21.4. The van der Waals surface area contributed by atoms with Crippen molar-refractivity contribution in [1.29, 1.82) is 0 Å². The minimum Gasteiger partial charge on any atom is -0.454 e. The standard InChI is InChI=1S/C22H13Cl2NO7S/c23-13-6-7-16(15(24)10-13)25-21(32-22(26)27)20(12-5-8-17-18(9-12)31-11-30-17)14-3-1-2-4-19(14)33(25,28)29/h1-10H,11H2,(H,26,27). The number of rotatable bonds is 3. The zero-order valence-electron chi connectivity index (χ0n) is 16.5. The number of hydrogen-bond acceptors (Lipinski definition) is 6. The molecule has 0 spiro atoms. The summed E-state index contributed by atoms with van der Waals surface area (Å²) in [5.41, 5.74) is 0.902. The minimum absolute atomic E-state index is 0.0121. The molecule has 0 radical (unpaired) electrons. The number of sulfonamides is 1. The van der Waals surface area contributed by atoms with E-state index >= 15 is 0 Å². The Morgan fingerprint density at radius 1 is 1.00 bits per heavy atom. The Morgan fingerprint density at radius 2 is 1.76 bits per heavy atom. The van der Waals surface area contributed by atoms with E-state index in [-0.39, 0.29) is 38.6 Å². The molecule has 3 aromatic carbocycles. The van der Waals surface area contributed by atoms with E-state index in [2.05, 4.69) is 0 Å². The molecule has 3 aromatic rings. The van der Waals surface area contributed by atoms with Crippen LogP contribution in [0.1, 0.15) is 11.1 Å². The molecule has 0 fully saturated rings. The van der Waals surface area contributed by atoms with Crippen molar-refractivity contribution in [3.8, 4) is 11.5 Å². The number of carbonyl (C=O) groups is 1. The van der Waals surface area contributed by atoms with E-state index in [9.17, 15) is 18.3 Å². The van der Waals surface area contributed by atoms with E-state index in [1.807, 2.05) is 0 Å². The van der Waals surface area contributed by atoms with E-state index < -0.39 is 22.1 Å². The molecule has 0 unspecified atom stereocenters. The molecule has 11 heteroatoms. The van der Waals surface area contributed by atoms with Crippen LogP contribution in [0.5, 0.6) is 11.5 Å². The zero-order valence-corrected chi connectivity index (χ0v) is 18.8. The van der Waals surface area contributed by atoms with Gasteiger partial charge in [-0.05, 0) is 42.0 Å². The summed E-state index contributed by atoms with van der Waals surface area (Å²) in [5.74, 6) is 0.482. The first-order valence-corrected chi connectivity index (χ1v) is 11.6. The molecule has 0 aromatic heterocycles. The molecule has 0 amide bonds. The summed E-state index contributed by atoms with van der Waals surface area (Å²) < 4.78 is 44.0. The molecule has 0 saturated carbocycles. The highest BCUT2D eigenvalue weighted by molar-refractivity contribution is 7.93. The van der Waals surface area contributed by atoms with Crippen molar-refractivity contribution in [3.63, 3.8) is 0 Å². The fourth-order valence-corrected chi connectivity index (χ4v) is 5.92. The quantitative estimate of drug-likeness (QED) is 0.479. The van der Waals surface area contributed by atoms with E-state index in [0.29, 0.717) is 17.1 Å². The van der Waals surface area contributed by atoms with E-state index in [1.54, 1.807) is 36.4 Å². The Kier molecular flexibility index (Phi) is 5.12. The first-order chi connectivity index (χ1) is 15.8. The SMILES string of the molecule is O=C(O)OC1=C(c2ccc3c(c2)OCO3)c2ccccc2S(=O)(=O)N1c1ccc(Cl)cc1Cl. The van der Waals surface area contributed by atoms with Gasteiger partial charge in [0, 0.05) is 10.6 Å². The van der Waals surface area contributed by atoms with Gasteiger partial charge in [-0.3, -0.25) is 0 Å². The normalized spacial score (nSPS) is 15.9. The molecule has 0 aliphatic carbocycles. The van der Waals surface area contributed by atoms with Crippen LogP contribution < -0.4 is 13.8 Å². The van der Waals surface area contributed by atoms with Gasteiger partial charge in [-0.2, -0.15) is 0 Å². The predicted octanol–water partition coefficient (Wildman–Crippen LogP) is 5.34. The molecule has 2 aliphatic rings. The number of halogens is 2. The van der Waals surface area contributed by atoms with Gasteiger partial charge in [0.2, 0.25) is 12.7 Å². The van der Waals surface area contributed by atoms with Crippen molar-refractivity contribution in [2.75, 3.05) is 11.1 Å². The smallest absolute Gasteiger partial charge is 0.454 e. The van der Waals surface area contributed by atoms with Crippen molar-refractivity contribution in [2.24, 2.45) is 0 Å². The lowest BCUT2D eigenvalue weighted by Crippen LogP contribution is -2.37. The van der Waals surface area contributed by atoms with Crippen LogP contribution in [-0.2, 0) is 14.8 Å². The van der Waals surface area contributed by atoms with Gasteiger partial charge in [-0.1, -0.05) is 47.5 Å². The number of anilines is 1. The maximum Gasteiger partial charge on any atom is 0.512 e. The number of nitrogens with zero attached hydrogens (tertiary/aromatic N) is 1. The van der Waals surface area contributed by atoms with Gasteiger partial charge in [-0.25, -0.2) is 17.5 Å². The molecule has 33 heavy (non-hydrogen) atoms. The van der Waals surface area contributed by atoms with Crippen LogP contribution in [0.4, 0.5) is 10.5 Å². The largest absolute Gasteiger partial charge is 0.512 e. The van der Waals surface area contributed by atoms with Crippen LogP contribution in [0, 0.1) is 0 Å². The van der Waals surface area contributed by atoms with Gasteiger partial charge < -0.3 is 19.3 Å². The number of benzene rings is 3. The lowest BCUT2D eigenvalue weighted by Gasteiger charge is -2.33. The summed E-state index contributed by atoms with van der Waals surface area (Å²) in [4.78, 5) is 11.6. The van der Waals surface area contributed by atoms with E-state index in [4.69, 9.17) is 37.4 Å². The summed E-state index contributed by atoms with van der Waals surface area (Å²) in [5, 5.41) is 9.77. The van der Waals surface area contributed by atoms with Crippen molar-refractivity contribution in [1.82, 2.24) is 0 Å². The number of fused-ring (bicyclic) bond motifs is 2.